The summed E-state index contributed by atoms with van der Waals surface area (Å²) in [5.74, 6) is 0. The maximum absolute atomic E-state index is 3.83. The Morgan fingerprint density at radius 2 is 1.80 bits per heavy atom. The van der Waals surface area contributed by atoms with Crippen LogP contribution in [0.25, 0.3) is 0 Å². The second-order valence-electron chi connectivity index (χ2n) is 6.15. The fourth-order valence-corrected chi connectivity index (χ4v) is 2.89. The van der Waals surface area contributed by atoms with E-state index in [1.165, 1.54) is 51.6 Å². The third-order valence-corrected chi connectivity index (χ3v) is 4.11. The normalized spacial score (nSPS) is 32.8. The highest BCUT2D eigenvalue weighted by molar-refractivity contribution is 4.85. The minimum absolute atomic E-state index is 0.600. The zero-order chi connectivity index (χ0) is 10.7. The fraction of sp³-hybridized carbons (Fsp3) is 1.00. The van der Waals surface area contributed by atoms with Crippen LogP contribution in [0.1, 0.15) is 52.4 Å². The molecule has 2 nitrogen and oxygen atoms in total. The van der Waals surface area contributed by atoms with E-state index in [-0.39, 0.29) is 0 Å². The largest absolute Gasteiger partial charge is 0.315 e. The van der Waals surface area contributed by atoms with Gasteiger partial charge in [-0.2, -0.15) is 0 Å². The summed E-state index contributed by atoms with van der Waals surface area (Å²) < 4.78 is 0. The molecule has 0 radical (unpaired) electrons. The molecule has 0 amide bonds. The van der Waals surface area contributed by atoms with Gasteiger partial charge in [-0.05, 0) is 50.5 Å². The Bertz CT molecular complexity index is 185. The van der Waals surface area contributed by atoms with Crippen LogP contribution in [0.5, 0.6) is 0 Å². The van der Waals surface area contributed by atoms with E-state index < -0.39 is 0 Å². The molecule has 0 spiro atoms. The lowest BCUT2D eigenvalue weighted by molar-refractivity contribution is 0.192. The van der Waals surface area contributed by atoms with E-state index >= 15 is 0 Å². The van der Waals surface area contributed by atoms with Gasteiger partial charge in [-0.15, -0.1) is 0 Å². The number of rotatable bonds is 2. The van der Waals surface area contributed by atoms with Crippen molar-refractivity contribution in [3.8, 4) is 0 Å². The summed E-state index contributed by atoms with van der Waals surface area (Å²) in [5.41, 5.74) is 0.600. The summed E-state index contributed by atoms with van der Waals surface area (Å²) in [4.78, 5) is 0. The summed E-state index contributed by atoms with van der Waals surface area (Å²) in [6, 6.07) is 1.54. The second kappa shape index (κ2) is 4.84. The Morgan fingerprint density at radius 1 is 1.07 bits per heavy atom. The lowest BCUT2D eigenvalue weighted by Gasteiger charge is -2.37. The van der Waals surface area contributed by atoms with Crippen LogP contribution in [0, 0.1) is 5.41 Å². The van der Waals surface area contributed by atoms with Gasteiger partial charge in [0.25, 0.3) is 0 Å². The van der Waals surface area contributed by atoms with Crippen LogP contribution >= 0.6 is 0 Å². The zero-order valence-electron chi connectivity index (χ0n) is 10.3. The van der Waals surface area contributed by atoms with Crippen LogP contribution in [0.15, 0.2) is 0 Å². The molecule has 15 heavy (non-hydrogen) atoms. The Kier molecular flexibility index (Phi) is 3.68. The van der Waals surface area contributed by atoms with Crippen LogP contribution in [0.2, 0.25) is 0 Å². The van der Waals surface area contributed by atoms with Crippen LogP contribution < -0.4 is 10.6 Å². The molecule has 1 heterocycles. The van der Waals surface area contributed by atoms with E-state index in [2.05, 4.69) is 24.5 Å². The van der Waals surface area contributed by atoms with Crippen molar-refractivity contribution in [3.05, 3.63) is 0 Å². The molecule has 2 fully saturated rings. The molecule has 0 bridgehead atoms. The maximum Gasteiger partial charge on any atom is 0.0195 e. The van der Waals surface area contributed by atoms with Gasteiger partial charge in [0.2, 0.25) is 0 Å². The number of hydrogen-bond acceptors (Lipinski definition) is 2. The molecule has 2 heteroatoms. The molecular weight excluding hydrogens is 184 g/mol. The smallest absolute Gasteiger partial charge is 0.0195 e. The first-order valence-electron chi connectivity index (χ1n) is 6.62. The first-order valence-corrected chi connectivity index (χ1v) is 6.62. The number of hydrogen-bond donors (Lipinski definition) is 2. The summed E-state index contributed by atoms with van der Waals surface area (Å²) in [5, 5.41) is 7.31. The predicted molar refractivity (Wildman–Crippen MR) is 65.1 cm³/mol. The van der Waals surface area contributed by atoms with Gasteiger partial charge in [0.05, 0.1) is 0 Å². The van der Waals surface area contributed by atoms with Crippen LogP contribution in [-0.4, -0.2) is 25.2 Å². The molecule has 1 unspecified atom stereocenters. The van der Waals surface area contributed by atoms with Crippen molar-refractivity contribution in [3.63, 3.8) is 0 Å². The molecule has 2 rings (SSSR count). The molecule has 0 aromatic heterocycles. The Morgan fingerprint density at radius 3 is 2.40 bits per heavy atom. The van der Waals surface area contributed by atoms with Crippen molar-refractivity contribution < 1.29 is 0 Å². The SMILES string of the molecule is CC1(C)CCC(NC2CCCNC2)CC1. The van der Waals surface area contributed by atoms with Crippen LogP contribution in [-0.2, 0) is 0 Å². The second-order valence-corrected chi connectivity index (χ2v) is 6.15. The van der Waals surface area contributed by atoms with Gasteiger partial charge >= 0.3 is 0 Å². The topological polar surface area (TPSA) is 24.1 Å². The molecule has 0 aromatic carbocycles. The van der Waals surface area contributed by atoms with Crippen molar-refractivity contribution in [1.82, 2.24) is 10.6 Å². The fourth-order valence-electron chi connectivity index (χ4n) is 2.89. The first kappa shape index (κ1) is 11.4. The van der Waals surface area contributed by atoms with E-state index in [9.17, 15) is 0 Å². The molecular formula is C13H26N2. The van der Waals surface area contributed by atoms with Gasteiger partial charge in [-0.1, -0.05) is 13.8 Å². The zero-order valence-corrected chi connectivity index (χ0v) is 10.3. The summed E-state index contributed by atoms with van der Waals surface area (Å²) in [6.45, 7) is 7.21. The molecule has 2 N–H and O–H groups in total. The van der Waals surface area contributed by atoms with E-state index in [0.29, 0.717) is 5.41 Å². The molecule has 1 saturated heterocycles. The highest BCUT2D eigenvalue weighted by Crippen LogP contribution is 2.35. The van der Waals surface area contributed by atoms with Crippen molar-refractivity contribution >= 4 is 0 Å². The maximum atomic E-state index is 3.83. The molecule has 88 valence electrons. The molecule has 2 aliphatic rings. The van der Waals surface area contributed by atoms with Crippen LogP contribution in [0.4, 0.5) is 0 Å². The molecule has 1 aliphatic carbocycles. The van der Waals surface area contributed by atoms with E-state index in [0.717, 1.165) is 12.1 Å². The Balaban J connectivity index is 1.71. The summed E-state index contributed by atoms with van der Waals surface area (Å²) in [6.07, 6.45) is 8.26. The van der Waals surface area contributed by atoms with E-state index in [4.69, 9.17) is 0 Å². The lowest BCUT2D eigenvalue weighted by Crippen LogP contribution is -2.48. The molecule has 1 atom stereocenters. The van der Waals surface area contributed by atoms with Gasteiger partial charge in [-0.25, -0.2) is 0 Å². The van der Waals surface area contributed by atoms with Gasteiger partial charge in [-0.3, -0.25) is 0 Å². The average Bonchev–Trinajstić information content (AvgIpc) is 2.23. The highest BCUT2D eigenvalue weighted by Gasteiger charge is 2.28. The Labute approximate surface area is 94.2 Å². The van der Waals surface area contributed by atoms with Crippen molar-refractivity contribution in [1.29, 1.82) is 0 Å². The van der Waals surface area contributed by atoms with Gasteiger partial charge in [0, 0.05) is 18.6 Å². The lowest BCUT2D eigenvalue weighted by atomic mass is 9.75. The van der Waals surface area contributed by atoms with Crippen molar-refractivity contribution in [2.75, 3.05) is 13.1 Å². The van der Waals surface area contributed by atoms with Gasteiger partial charge < -0.3 is 10.6 Å². The minimum Gasteiger partial charge on any atom is -0.315 e. The first-order chi connectivity index (χ1) is 7.16. The molecule has 1 saturated carbocycles. The summed E-state index contributed by atoms with van der Waals surface area (Å²) >= 11 is 0. The standard InChI is InChI=1S/C13H26N2/c1-13(2)7-5-11(6-8-13)15-12-4-3-9-14-10-12/h11-12,14-15H,3-10H2,1-2H3. The predicted octanol–water partition coefficient (Wildman–Crippen LogP) is 2.30. The number of nitrogens with one attached hydrogen (secondary N) is 2. The van der Waals surface area contributed by atoms with E-state index in [1.807, 2.05) is 0 Å². The summed E-state index contributed by atoms with van der Waals surface area (Å²) in [7, 11) is 0. The third kappa shape index (κ3) is 3.46. The van der Waals surface area contributed by atoms with E-state index in [1.54, 1.807) is 0 Å². The van der Waals surface area contributed by atoms with Crippen molar-refractivity contribution in [2.24, 2.45) is 5.41 Å². The molecule has 1 aliphatic heterocycles. The van der Waals surface area contributed by atoms with Gasteiger partial charge in [0.15, 0.2) is 0 Å². The van der Waals surface area contributed by atoms with Crippen molar-refractivity contribution in [2.45, 2.75) is 64.5 Å². The molecule has 0 aromatic rings. The third-order valence-electron chi connectivity index (χ3n) is 4.11. The minimum atomic E-state index is 0.600. The monoisotopic (exact) mass is 210 g/mol. The number of piperidine rings is 1. The average molecular weight is 210 g/mol. The highest BCUT2D eigenvalue weighted by atomic mass is 15.0. The Hall–Kier alpha value is -0.0800. The quantitative estimate of drug-likeness (QED) is 0.731. The van der Waals surface area contributed by atoms with Crippen LogP contribution in [0.3, 0.4) is 0 Å². The van der Waals surface area contributed by atoms with Gasteiger partial charge in [0.1, 0.15) is 0 Å².